The molecular weight excluding hydrogens is 454 g/mol. The highest BCUT2D eigenvalue weighted by Gasteiger charge is 2.43. The predicted molar refractivity (Wildman–Crippen MR) is 151 cm³/mol. The largest absolute Gasteiger partial charge is 0.324 e. The van der Waals surface area contributed by atoms with Gasteiger partial charge < -0.3 is 9.47 Å². The number of hydrogen-bond acceptors (Lipinski definition) is 4. The zero-order chi connectivity index (χ0) is 24.8. The van der Waals surface area contributed by atoms with E-state index in [2.05, 4.69) is 80.9 Å². The van der Waals surface area contributed by atoms with Crippen molar-refractivity contribution in [2.24, 2.45) is 0 Å². The lowest BCUT2D eigenvalue weighted by Crippen LogP contribution is -2.50. The van der Waals surface area contributed by atoms with E-state index < -0.39 is 0 Å². The number of imidazole rings is 1. The standard InChI is InChI=1S/C32H43N5/c1-34-22-28-21-27(34)23-35(28)24-31-33-29-13-7-8-14-30(29)37(31)26-15-19-36(20-16-26)32(17-9-2-3-10-18-32)25-11-5-4-6-12-25/h4-8,11-14,26-28H,2-3,9-10,15-24H2,1H3/t27-,28-/m0/s1. The molecule has 0 spiro atoms. The van der Waals surface area contributed by atoms with Crippen molar-refractivity contribution < 1.29 is 0 Å². The van der Waals surface area contributed by atoms with E-state index in [0.717, 1.165) is 12.6 Å². The summed E-state index contributed by atoms with van der Waals surface area (Å²) in [4.78, 5) is 13.4. The van der Waals surface area contributed by atoms with Crippen molar-refractivity contribution in [1.82, 2.24) is 24.3 Å². The SMILES string of the molecule is CN1C[C@@H]2C[C@H]1CN2Cc1nc2ccccc2n1C1CCN(C2(c3ccccc3)CCCCCC2)CC1. The molecule has 7 rings (SSSR count). The molecule has 3 aliphatic heterocycles. The number of likely N-dealkylation sites (N-methyl/N-ethyl adjacent to an activating group) is 1. The number of piperidine rings is 1. The van der Waals surface area contributed by atoms with Gasteiger partial charge in [0, 0.05) is 49.8 Å². The third kappa shape index (κ3) is 4.24. The van der Waals surface area contributed by atoms with Gasteiger partial charge in [-0.3, -0.25) is 9.80 Å². The molecule has 0 radical (unpaired) electrons. The number of hydrogen-bond donors (Lipinski definition) is 0. The first-order valence-corrected chi connectivity index (χ1v) is 14.9. The zero-order valence-corrected chi connectivity index (χ0v) is 22.6. The molecule has 3 aromatic rings. The van der Waals surface area contributed by atoms with E-state index in [0.29, 0.717) is 12.1 Å². The van der Waals surface area contributed by atoms with Crippen LogP contribution in [-0.4, -0.2) is 69.6 Å². The number of nitrogens with zero attached hydrogens (tertiary/aromatic N) is 5. The third-order valence-electron chi connectivity index (χ3n) is 10.3. The summed E-state index contributed by atoms with van der Waals surface area (Å²) >= 11 is 0. The number of likely N-dealkylation sites (tertiary alicyclic amines) is 3. The lowest BCUT2D eigenvalue weighted by molar-refractivity contribution is 0.0351. The van der Waals surface area contributed by atoms with Crippen LogP contribution in [0.15, 0.2) is 54.6 Å². The molecule has 4 aliphatic rings. The summed E-state index contributed by atoms with van der Waals surface area (Å²) in [6, 6.07) is 22.3. The average Bonchev–Trinajstić information content (AvgIpc) is 3.55. The van der Waals surface area contributed by atoms with Gasteiger partial charge in [0.1, 0.15) is 5.82 Å². The van der Waals surface area contributed by atoms with Crippen LogP contribution in [0.4, 0.5) is 0 Å². The van der Waals surface area contributed by atoms with Gasteiger partial charge in [0.2, 0.25) is 0 Å². The molecule has 5 nitrogen and oxygen atoms in total. The van der Waals surface area contributed by atoms with Crippen LogP contribution in [0.5, 0.6) is 0 Å². The Balaban J connectivity index is 1.15. The van der Waals surface area contributed by atoms with Gasteiger partial charge in [0.05, 0.1) is 17.6 Å². The summed E-state index contributed by atoms with van der Waals surface area (Å²) in [5.74, 6) is 1.29. The maximum Gasteiger partial charge on any atom is 0.124 e. The van der Waals surface area contributed by atoms with Gasteiger partial charge >= 0.3 is 0 Å². The van der Waals surface area contributed by atoms with E-state index in [1.807, 2.05) is 0 Å². The smallest absolute Gasteiger partial charge is 0.124 e. The molecule has 1 aliphatic carbocycles. The van der Waals surface area contributed by atoms with E-state index >= 15 is 0 Å². The minimum absolute atomic E-state index is 0.226. The van der Waals surface area contributed by atoms with Gasteiger partial charge in [-0.05, 0) is 56.8 Å². The van der Waals surface area contributed by atoms with E-state index in [9.17, 15) is 0 Å². The van der Waals surface area contributed by atoms with Gasteiger partial charge in [-0.15, -0.1) is 0 Å². The Morgan fingerprint density at radius 3 is 2.24 bits per heavy atom. The molecule has 37 heavy (non-hydrogen) atoms. The highest BCUT2D eigenvalue weighted by Crippen LogP contribution is 2.44. The van der Waals surface area contributed by atoms with E-state index in [1.54, 1.807) is 5.56 Å². The van der Waals surface area contributed by atoms with E-state index in [4.69, 9.17) is 4.98 Å². The van der Waals surface area contributed by atoms with Crippen molar-refractivity contribution in [2.45, 2.75) is 88.0 Å². The van der Waals surface area contributed by atoms with Crippen molar-refractivity contribution in [3.8, 4) is 0 Å². The van der Waals surface area contributed by atoms with Crippen LogP contribution in [-0.2, 0) is 12.1 Å². The van der Waals surface area contributed by atoms with Crippen LogP contribution in [0.25, 0.3) is 11.0 Å². The molecule has 196 valence electrons. The second kappa shape index (κ2) is 9.83. The highest BCUT2D eigenvalue weighted by molar-refractivity contribution is 5.76. The predicted octanol–water partition coefficient (Wildman–Crippen LogP) is 5.81. The van der Waals surface area contributed by atoms with Crippen molar-refractivity contribution >= 4 is 11.0 Å². The molecule has 0 amide bonds. The number of benzene rings is 2. The molecular formula is C32H43N5. The summed E-state index contributed by atoms with van der Waals surface area (Å²) in [6.45, 7) is 5.78. The quantitative estimate of drug-likeness (QED) is 0.416. The zero-order valence-electron chi connectivity index (χ0n) is 22.6. The number of piperazine rings is 1. The van der Waals surface area contributed by atoms with E-state index in [-0.39, 0.29) is 5.54 Å². The molecule has 2 aromatic carbocycles. The van der Waals surface area contributed by atoms with E-state index in [1.165, 1.54) is 101 Å². The number of fused-ring (bicyclic) bond motifs is 3. The van der Waals surface area contributed by atoms with Crippen molar-refractivity contribution in [3.63, 3.8) is 0 Å². The Labute approximate surface area is 222 Å². The first kappa shape index (κ1) is 23.9. The molecule has 1 saturated carbocycles. The lowest BCUT2D eigenvalue weighted by atomic mass is 9.79. The van der Waals surface area contributed by atoms with Crippen molar-refractivity contribution in [2.75, 3.05) is 33.2 Å². The Bertz CT molecular complexity index is 1200. The minimum Gasteiger partial charge on any atom is -0.324 e. The van der Waals surface area contributed by atoms with Crippen LogP contribution >= 0.6 is 0 Å². The number of para-hydroxylation sites is 2. The summed E-state index contributed by atoms with van der Waals surface area (Å²) < 4.78 is 2.66. The Morgan fingerprint density at radius 1 is 0.811 bits per heavy atom. The van der Waals surface area contributed by atoms with Crippen LogP contribution in [0.1, 0.15) is 75.2 Å². The summed E-state index contributed by atoms with van der Waals surface area (Å²) in [5, 5.41) is 0. The summed E-state index contributed by atoms with van der Waals surface area (Å²) in [6.07, 6.45) is 11.9. The minimum atomic E-state index is 0.226. The fourth-order valence-corrected chi connectivity index (χ4v) is 8.34. The number of aromatic nitrogens is 2. The van der Waals surface area contributed by atoms with Gasteiger partial charge in [-0.2, -0.15) is 0 Å². The Hall–Kier alpha value is -2.21. The summed E-state index contributed by atoms with van der Waals surface area (Å²) in [7, 11) is 2.29. The normalized spacial score (nSPS) is 27.7. The summed E-state index contributed by atoms with van der Waals surface area (Å²) in [5.41, 5.74) is 4.29. The Morgan fingerprint density at radius 2 is 1.54 bits per heavy atom. The maximum absolute atomic E-state index is 5.23. The fourth-order valence-electron chi connectivity index (χ4n) is 8.34. The van der Waals surface area contributed by atoms with Crippen LogP contribution in [0, 0.1) is 0 Å². The third-order valence-corrected chi connectivity index (χ3v) is 10.3. The molecule has 4 fully saturated rings. The molecule has 0 unspecified atom stereocenters. The van der Waals surface area contributed by atoms with Crippen LogP contribution in [0.3, 0.4) is 0 Å². The molecule has 0 N–H and O–H groups in total. The first-order valence-electron chi connectivity index (χ1n) is 14.9. The average molecular weight is 498 g/mol. The van der Waals surface area contributed by atoms with Crippen molar-refractivity contribution in [1.29, 1.82) is 0 Å². The fraction of sp³-hybridized carbons (Fsp3) is 0.594. The molecule has 5 heteroatoms. The lowest BCUT2D eigenvalue weighted by Gasteiger charge is -2.48. The number of rotatable bonds is 5. The monoisotopic (exact) mass is 497 g/mol. The highest BCUT2D eigenvalue weighted by atomic mass is 15.3. The second-order valence-corrected chi connectivity index (χ2v) is 12.3. The van der Waals surface area contributed by atoms with Crippen LogP contribution in [0.2, 0.25) is 0 Å². The van der Waals surface area contributed by atoms with Gasteiger partial charge in [0.25, 0.3) is 0 Å². The maximum atomic E-state index is 5.23. The molecule has 2 bridgehead atoms. The molecule has 1 aromatic heterocycles. The first-order chi connectivity index (χ1) is 18.2. The molecule has 2 atom stereocenters. The second-order valence-electron chi connectivity index (χ2n) is 12.3. The molecule has 3 saturated heterocycles. The van der Waals surface area contributed by atoms with Gasteiger partial charge in [-0.25, -0.2) is 4.98 Å². The van der Waals surface area contributed by atoms with Crippen molar-refractivity contribution in [3.05, 3.63) is 66.0 Å². The topological polar surface area (TPSA) is 27.5 Å². The van der Waals surface area contributed by atoms with Gasteiger partial charge in [-0.1, -0.05) is 68.1 Å². The van der Waals surface area contributed by atoms with Gasteiger partial charge in [0.15, 0.2) is 0 Å². The van der Waals surface area contributed by atoms with Crippen LogP contribution < -0.4 is 0 Å². The molecule has 4 heterocycles. The Kier molecular flexibility index (Phi) is 6.34.